The fraction of sp³-hybridized carbons (Fsp3) is 0.500. The standard InChI is InChI=1S/C14H19NO3/c1-10-9-11(15)4-5-13(10)14(16)18-8-6-12-3-2-7-17-12/h4-5,9,12H,2-3,6-8,15H2,1H3. The molecular weight excluding hydrogens is 230 g/mol. The van der Waals surface area contributed by atoms with Gasteiger partial charge >= 0.3 is 5.97 Å². The second-order valence-electron chi connectivity index (χ2n) is 4.63. The fourth-order valence-electron chi connectivity index (χ4n) is 2.15. The highest BCUT2D eigenvalue weighted by Crippen LogP contribution is 2.17. The second-order valence-corrected chi connectivity index (χ2v) is 4.63. The summed E-state index contributed by atoms with van der Waals surface area (Å²) in [6.45, 7) is 3.09. The number of nitrogens with two attached hydrogens (primary N) is 1. The van der Waals surface area contributed by atoms with E-state index >= 15 is 0 Å². The van der Waals surface area contributed by atoms with Crippen molar-refractivity contribution in [3.8, 4) is 0 Å². The van der Waals surface area contributed by atoms with Gasteiger partial charge in [0.2, 0.25) is 0 Å². The van der Waals surface area contributed by atoms with Crippen LogP contribution in [0.2, 0.25) is 0 Å². The van der Waals surface area contributed by atoms with E-state index in [9.17, 15) is 4.79 Å². The molecule has 1 fully saturated rings. The molecule has 1 atom stereocenters. The molecule has 1 saturated heterocycles. The van der Waals surface area contributed by atoms with Gasteiger partial charge in [-0.1, -0.05) is 0 Å². The van der Waals surface area contributed by atoms with Crippen molar-refractivity contribution < 1.29 is 14.3 Å². The zero-order chi connectivity index (χ0) is 13.0. The van der Waals surface area contributed by atoms with Crippen LogP contribution in [-0.4, -0.2) is 25.3 Å². The highest BCUT2D eigenvalue weighted by atomic mass is 16.5. The molecule has 1 unspecified atom stereocenters. The average molecular weight is 249 g/mol. The SMILES string of the molecule is Cc1cc(N)ccc1C(=O)OCCC1CCCO1. The molecule has 1 aromatic carbocycles. The van der Waals surface area contributed by atoms with Crippen LogP contribution in [0.4, 0.5) is 5.69 Å². The molecule has 0 aromatic heterocycles. The molecule has 2 N–H and O–H groups in total. The summed E-state index contributed by atoms with van der Waals surface area (Å²) in [5.41, 5.74) is 7.72. The third kappa shape index (κ3) is 3.23. The number of rotatable bonds is 4. The van der Waals surface area contributed by atoms with E-state index < -0.39 is 0 Å². The number of benzene rings is 1. The van der Waals surface area contributed by atoms with Crippen molar-refractivity contribution in [2.45, 2.75) is 32.3 Å². The van der Waals surface area contributed by atoms with Crippen LogP contribution < -0.4 is 5.73 Å². The van der Waals surface area contributed by atoms with Gasteiger partial charge in [0.15, 0.2) is 0 Å². The first-order chi connectivity index (χ1) is 8.66. The first-order valence-electron chi connectivity index (χ1n) is 6.31. The van der Waals surface area contributed by atoms with Gasteiger partial charge < -0.3 is 15.2 Å². The Morgan fingerprint density at radius 2 is 2.39 bits per heavy atom. The van der Waals surface area contributed by atoms with Crippen LogP contribution in [0.5, 0.6) is 0 Å². The minimum atomic E-state index is -0.287. The van der Waals surface area contributed by atoms with Gasteiger partial charge in [-0.3, -0.25) is 0 Å². The lowest BCUT2D eigenvalue weighted by Crippen LogP contribution is -2.13. The summed E-state index contributed by atoms with van der Waals surface area (Å²) < 4.78 is 10.7. The summed E-state index contributed by atoms with van der Waals surface area (Å²) in [5, 5.41) is 0. The number of carbonyl (C=O) groups excluding carboxylic acids is 1. The number of hydrogen-bond donors (Lipinski definition) is 1. The molecule has 1 aliphatic rings. The normalized spacial score (nSPS) is 18.8. The van der Waals surface area contributed by atoms with Gasteiger partial charge in [0.25, 0.3) is 0 Å². The zero-order valence-electron chi connectivity index (χ0n) is 10.6. The summed E-state index contributed by atoms with van der Waals surface area (Å²) >= 11 is 0. The van der Waals surface area contributed by atoms with Gasteiger partial charge in [0, 0.05) is 18.7 Å². The predicted molar refractivity (Wildman–Crippen MR) is 69.5 cm³/mol. The van der Waals surface area contributed by atoms with Crippen LogP contribution in [0.1, 0.15) is 35.2 Å². The lowest BCUT2D eigenvalue weighted by atomic mass is 10.1. The largest absolute Gasteiger partial charge is 0.462 e. The number of nitrogen functional groups attached to an aromatic ring is 1. The summed E-state index contributed by atoms with van der Waals surface area (Å²) in [6.07, 6.45) is 3.21. The molecule has 0 amide bonds. The van der Waals surface area contributed by atoms with Crippen molar-refractivity contribution >= 4 is 11.7 Å². The van der Waals surface area contributed by atoms with Gasteiger partial charge in [0.1, 0.15) is 0 Å². The van der Waals surface area contributed by atoms with Crippen LogP contribution in [-0.2, 0) is 9.47 Å². The van der Waals surface area contributed by atoms with Crippen LogP contribution in [0.3, 0.4) is 0 Å². The van der Waals surface area contributed by atoms with Crippen LogP contribution >= 0.6 is 0 Å². The van der Waals surface area contributed by atoms with Gasteiger partial charge in [-0.15, -0.1) is 0 Å². The maximum atomic E-state index is 11.8. The van der Waals surface area contributed by atoms with Crippen molar-refractivity contribution in [1.82, 2.24) is 0 Å². The van der Waals surface area contributed by atoms with E-state index in [0.717, 1.165) is 31.4 Å². The molecule has 98 valence electrons. The summed E-state index contributed by atoms with van der Waals surface area (Å²) in [5.74, 6) is -0.287. The lowest BCUT2D eigenvalue weighted by molar-refractivity contribution is 0.0385. The maximum absolute atomic E-state index is 11.8. The Kier molecular flexibility index (Phi) is 4.20. The molecule has 0 radical (unpaired) electrons. The fourth-order valence-corrected chi connectivity index (χ4v) is 2.15. The minimum Gasteiger partial charge on any atom is -0.462 e. The van der Waals surface area contributed by atoms with E-state index in [1.165, 1.54) is 0 Å². The highest BCUT2D eigenvalue weighted by molar-refractivity contribution is 5.91. The van der Waals surface area contributed by atoms with Gasteiger partial charge in [-0.25, -0.2) is 4.79 Å². The first kappa shape index (κ1) is 12.9. The van der Waals surface area contributed by atoms with Crippen molar-refractivity contribution in [2.24, 2.45) is 0 Å². The number of esters is 1. The van der Waals surface area contributed by atoms with Crippen LogP contribution in [0.25, 0.3) is 0 Å². The van der Waals surface area contributed by atoms with Crippen LogP contribution in [0.15, 0.2) is 18.2 Å². The number of aryl methyl sites for hydroxylation is 1. The van der Waals surface area contributed by atoms with E-state index in [-0.39, 0.29) is 12.1 Å². The molecule has 4 heteroatoms. The predicted octanol–water partition coefficient (Wildman–Crippen LogP) is 2.30. The van der Waals surface area contributed by atoms with Gasteiger partial charge in [-0.2, -0.15) is 0 Å². The molecule has 0 saturated carbocycles. The van der Waals surface area contributed by atoms with E-state index in [0.29, 0.717) is 17.9 Å². The van der Waals surface area contributed by atoms with E-state index in [2.05, 4.69) is 0 Å². The molecule has 1 aromatic rings. The molecule has 4 nitrogen and oxygen atoms in total. The first-order valence-corrected chi connectivity index (χ1v) is 6.31. The van der Waals surface area contributed by atoms with Crippen molar-refractivity contribution in [3.63, 3.8) is 0 Å². The van der Waals surface area contributed by atoms with Gasteiger partial charge in [-0.05, 0) is 43.5 Å². The Morgan fingerprint density at radius 3 is 3.06 bits per heavy atom. The Hall–Kier alpha value is -1.55. The Morgan fingerprint density at radius 1 is 1.56 bits per heavy atom. The second kappa shape index (κ2) is 5.87. The van der Waals surface area contributed by atoms with Gasteiger partial charge in [0.05, 0.1) is 18.3 Å². The monoisotopic (exact) mass is 249 g/mol. The molecule has 1 aliphatic heterocycles. The summed E-state index contributed by atoms with van der Waals surface area (Å²) in [4.78, 5) is 11.8. The highest BCUT2D eigenvalue weighted by Gasteiger charge is 2.16. The Bertz CT molecular complexity index is 425. The zero-order valence-corrected chi connectivity index (χ0v) is 10.6. The molecule has 0 aliphatic carbocycles. The third-order valence-corrected chi connectivity index (χ3v) is 3.17. The topological polar surface area (TPSA) is 61.6 Å². The number of carbonyl (C=O) groups is 1. The number of anilines is 1. The average Bonchev–Trinajstić information content (AvgIpc) is 2.81. The minimum absolute atomic E-state index is 0.255. The molecule has 0 bridgehead atoms. The quantitative estimate of drug-likeness (QED) is 0.657. The van der Waals surface area contributed by atoms with E-state index in [4.69, 9.17) is 15.2 Å². The Balaban J connectivity index is 1.83. The summed E-state index contributed by atoms with van der Waals surface area (Å²) in [7, 11) is 0. The third-order valence-electron chi connectivity index (χ3n) is 3.17. The number of ether oxygens (including phenoxy) is 2. The van der Waals surface area contributed by atoms with Crippen molar-refractivity contribution in [2.75, 3.05) is 18.9 Å². The van der Waals surface area contributed by atoms with Crippen molar-refractivity contribution in [1.29, 1.82) is 0 Å². The summed E-state index contributed by atoms with van der Waals surface area (Å²) in [6, 6.07) is 5.19. The molecule has 18 heavy (non-hydrogen) atoms. The maximum Gasteiger partial charge on any atom is 0.338 e. The molecule has 0 spiro atoms. The lowest BCUT2D eigenvalue weighted by Gasteiger charge is -2.10. The van der Waals surface area contributed by atoms with E-state index in [1.54, 1.807) is 18.2 Å². The molecule has 2 rings (SSSR count). The van der Waals surface area contributed by atoms with E-state index in [1.807, 2.05) is 6.92 Å². The van der Waals surface area contributed by atoms with Crippen molar-refractivity contribution in [3.05, 3.63) is 29.3 Å². The number of hydrogen-bond acceptors (Lipinski definition) is 4. The molecular formula is C14H19NO3. The van der Waals surface area contributed by atoms with Crippen LogP contribution in [0, 0.1) is 6.92 Å². The Labute approximate surface area is 107 Å². The smallest absolute Gasteiger partial charge is 0.338 e. The molecule has 1 heterocycles.